The Labute approximate surface area is 510 Å². The average molecular weight is 1190 g/mol. The quantitative estimate of drug-likeness (QED) is 0.0148. The van der Waals surface area contributed by atoms with Gasteiger partial charge in [-0.05, 0) is 95.8 Å². The summed E-state index contributed by atoms with van der Waals surface area (Å²) in [6.07, 6.45) is -0.303. The molecule has 3 aliphatic heterocycles. The average Bonchev–Trinajstić information content (AvgIpc) is 1.49. The number of piperazine rings is 1. The van der Waals surface area contributed by atoms with Crippen molar-refractivity contribution >= 4 is 41.5 Å². The number of ether oxygens (including phenoxy) is 4. The second-order valence-electron chi connectivity index (χ2n) is 22.8. The number of carbonyl (C=O) groups excluding carboxylic acids is 7. The first-order chi connectivity index (χ1) is 42.7. The second kappa shape index (κ2) is 25.8. The number of primary amides is 1. The molecule has 2 aliphatic carbocycles. The molecule has 3 heterocycles. The van der Waals surface area contributed by atoms with Gasteiger partial charge >= 0.3 is 12.2 Å². The van der Waals surface area contributed by atoms with Crippen LogP contribution in [-0.2, 0) is 50.1 Å². The number of benzene rings is 6. The van der Waals surface area contributed by atoms with Gasteiger partial charge in [-0.1, -0.05) is 152 Å². The van der Waals surface area contributed by atoms with Crippen molar-refractivity contribution in [3.05, 3.63) is 220 Å². The van der Waals surface area contributed by atoms with Crippen molar-refractivity contribution in [3.8, 4) is 16.9 Å². The maximum absolute atomic E-state index is 14.8. The number of Topliss-reactive ketones (excluding diaryl/α,β-unsaturated/α-hetero) is 2. The van der Waals surface area contributed by atoms with Crippen LogP contribution in [-0.4, -0.2) is 128 Å². The number of amides is 5. The molecule has 6 aromatic rings. The number of alkyl carbamates (subject to hydrolysis) is 1. The van der Waals surface area contributed by atoms with Crippen molar-refractivity contribution in [1.82, 2.24) is 31.1 Å². The summed E-state index contributed by atoms with van der Waals surface area (Å²) >= 11 is 0. The number of unbranched alkanes of at least 4 members (excludes halogenated alkanes) is 1. The maximum Gasteiger partial charge on any atom is 0.407 e. The highest BCUT2D eigenvalue weighted by Crippen LogP contribution is 2.60. The molecule has 2 fully saturated rings. The predicted octanol–water partition coefficient (Wildman–Crippen LogP) is 6.88. The van der Waals surface area contributed by atoms with E-state index in [0.29, 0.717) is 19.4 Å². The summed E-state index contributed by atoms with van der Waals surface area (Å²) in [7, 11) is 3.05. The molecule has 5 aliphatic rings. The van der Waals surface area contributed by atoms with Crippen molar-refractivity contribution in [2.45, 2.75) is 86.8 Å². The minimum absolute atomic E-state index is 0.00117. The Hall–Kier alpha value is -9.59. The normalized spacial score (nSPS) is 19.6. The van der Waals surface area contributed by atoms with Gasteiger partial charge in [0.1, 0.15) is 37.1 Å². The Morgan fingerprint density at radius 1 is 0.670 bits per heavy atom. The minimum Gasteiger partial charge on any atom is -0.497 e. The Kier molecular flexibility index (Phi) is 17.6. The zero-order valence-electron chi connectivity index (χ0n) is 49.4. The number of nitrogens with zero attached hydrogens (tertiary/aromatic N) is 2. The van der Waals surface area contributed by atoms with Gasteiger partial charge in [0, 0.05) is 50.1 Å². The van der Waals surface area contributed by atoms with Crippen LogP contribution >= 0.6 is 0 Å². The van der Waals surface area contributed by atoms with Crippen LogP contribution in [0.2, 0.25) is 0 Å². The largest absolute Gasteiger partial charge is 0.497 e. The molecule has 0 radical (unpaired) electrons. The SMILES string of the molecule is COc1ccc(C(NCCCCC(NC(=O)[C@H](Cc2ccccc2)NC(=O)OCC2c3ccccc3-c3ccccc32)C(=O)NCCCC(=O)N2C3CN4C5=C(C(=O)C(N)=C(C)C5=O)C(COC(N)=O)C4(OC)C32)(c2ccccc2)c2ccccc2)cc1. The fraction of sp³-hybridized carbons (Fsp3) is 0.319. The van der Waals surface area contributed by atoms with E-state index >= 15 is 0 Å². The van der Waals surface area contributed by atoms with E-state index < -0.39 is 83.5 Å². The molecular formula is C69H72N8O11. The van der Waals surface area contributed by atoms with Crippen LogP contribution in [0, 0.1) is 5.92 Å². The number of methoxy groups -OCH3 is 2. The number of ketones is 2. The summed E-state index contributed by atoms with van der Waals surface area (Å²) in [5.74, 6) is -2.86. The number of carbonyl (C=O) groups is 7. The first-order valence-electron chi connectivity index (χ1n) is 29.8. The van der Waals surface area contributed by atoms with Crippen molar-refractivity contribution in [3.63, 3.8) is 0 Å². The molecule has 88 heavy (non-hydrogen) atoms. The van der Waals surface area contributed by atoms with E-state index in [1.165, 1.54) is 14.0 Å². The van der Waals surface area contributed by atoms with Gasteiger partial charge < -0.3 is 56.2 Å². The van der Waals surface area contributed by atoms with Crippen LogP contribution in [0.3, 0.4) is 0 Å². The summed E-state index contributed by atoms with van der Waals surface area (Å²) < 4.78 is 22.9. The summed E-state index contributed by atoms with van der Waals surface area (Å²) in [4.78, 5) is 100. The number of rotatable bonds is 25. The van der Waals surface area contributed by atoms with Crippen LogP contribution in [0.25, 0.3) is 11.1 Å². The van der Waals surface area contributed by atoms with Crippen molar-refractivity contribution in [2.75, 3.05) is 47.1 Å². The van der Waals surface area contributed by atoms with Crippen LogP contribution in [0.15, 0.2) is 186 Å². The molecule has 0 saturated carbocycles. The molecule has 0 spiro atoms. The molecule has 19 heteroatoms. The van der Waals surface area contributed by atoms with Gasteiger partial charge in [0.2, 0.25) is 29.3 Å². The van der Waals surface area contributed by atoms with Crippen molar-refractivity contribution in [1.29, 1.82) is 0 Å². The molecule has 19 nitrogen and oxygen atoms in total. The van der Waals surface area contributed by atoms with Gasteiger partial charge in [0.15, 0.2) is 5.72 Å². The number of hydrogen-bond donors (Lipinski definition) is 6. The van der Waals surface area contributed by atoms with E-state index in [1.54, 1.807) is 16.9 Å². The van der Waals surface area contributed by atoms with E-state index in [0.717, 1.165) is 50.3 Å². The Morgan fingerprint density at radius 3 is 1.89 bits per heavy atom. The highest BCUT2D eigenvalue weighted by Gasteiger charge is 2.77. The van der Waals surface area contributed by atoms with Gasteiger partial charge in [-0.25, -0.2) is 9.59 Å². The number of hydrogen-bond acceptors (Lipinski definition) is 14. The number of fused-ring (bicyclic) bond motifs is 7. The Balaban J connectivity index is 0.789. The van der Waals surface area contributed by atoms with E-state index in [4.69, 9.17) is 30.4 Å². The van der Waals surface area contributed by atoms with E-state index in [1.807, 2.05) is 115 Å². The second-order valence-corrected chi connectivity index (χ2v) is 22.8. The van der Waals surface area contributed by atoms with Crippen LogP contribution in [0.1, 0.15) is 78.3 Å². The third-order valence-electron chi connectivity index (χ3n) is 18.0. The number of allylic oxidation sites excluding steroid dienone is 2. The van der Waals surface area contributed by atoms with Gasteiger partial charge in [0.05, 0.1) is 36.0 Å². The molecule has 0 aromatic heterocycles. The fourth-order valence-corrected chi connectivity index (χ4v) is 13.7. The van der Waals surface area contributed by atoms with E-state index in [-0.39, 0.29) is 79.7 Å². The smallest absolute Gasteiger partial charge is 0.407 e. The Morgan fingerprint density at radius 2 is 1.27 bits per heavy atom. The zero-order valence-corrected chi connectivity index (χ0v) is 49.4. The summed E-state index contributed by atoms with van der Waals surface area (Å²) in [5, 5.41) is 12.7. The first kappa shape index (κ1) is 60.1. The van der Waals surface area contributed by atoms with Crippen LogP contribution in [0.5, 0.6) is 5.75 Å². The molecular weight excluding hydrogens is 1120 g/mol. The van der Waals surface area contributed by atoms with Gasteiger partial charge in [-0.2, -0.15) is 0 Å². The first-order valence-corrected chi connectivity index (χ1v) is 29.8. The molecule has 2 saturated heterocycles. The van der Waals surface area contributed by atoms with E-state index in [2.05, 4.69) is 69.8 Å². The minimum atomic E-state index is -1.44. The van der Waals surface area contributed by atoms with Gasteiger partial charge in [-0.15, -0.1) is 0 Å². The van der Waals surface area contributed by atoms with Gasteiger partial charge in [0.25, 0.3) is 0 Å². The lowest BCUT2D eigenvalue weighted by molar-refractivity contribution is -0.153. The zero-order chi connectivity index (χ0) is 61.7. The molecule has 0 bridgehead atoms. The van der Waals surface area contributed by atoms with E-state index in [9.17, 15) is 33.6 Å². The lowest BCUT2D eigenvalue weighted by Crippen LogP contribution is -2.56. The summed E-state index contributed by atoms with van der Waals surface area (Å²) in [6.45, 7) is 1.82. The van der Waals surface area contributed by atoms with Crippen LogP contribution < -0.4 is 37.5 Å². The highest BCUT2D eigenvalue weighted by molar-refractivity contribution is 6.25. The summed E-state index contributed by atoms with van der Waals surface area (Å²) in [5.41, 5.74) is 17.4. The highest BCUT2D eigenvalue weighted by atomic mass is 16.6. The molecule has 6 aromatic carbocycles. The van der Waals surface area contributed by atoms with Gasteiger partial charge in [-0.3, -0.25) is 29.3 Å². The van der Waals surface area contributed by atoms with Crippen LogP contribution in [0.4, 0.5) is 9.59 Å². The van der Waals surface area contributed by atoms with Crippen molar-refractivity contribution in [2.24, 2.45) is 17.4 Å². The molecule has 11 rings (SSSR count). The lowest BCUT2D eigenvalue weighted by atomic mass is 9.77. The third-order valence-corrected chi connectivity index (χ3v) is 18.0. The molecule has 5 amide bonds. The molecule has 454 valence electrons. The standard InChI is InChI=1S/C69H72N8O11/c1-42-59(70)62(80)58-53(41-87-66(71)83)69(86-3)63-56(39-76(69)60(58)61(42)79)77(63)57(78)31-19-36-72-64(81)54(30-17-18-37-73-68(44-22-9-5-10-23-44,45-24-11-6-12-25-45)46-32-34-47(85-2)35-33-46)74-65(82)55(38-43-20-7-4-8-21-43)75-67(84)88-40-52-50-28-15-13-26-48(50)49-27-14-16-29-51(49)52/h4-16,20-29,32-35,52-56,63,73H,17-19,30-31,36-41,70H2,1-3H3,(H2,71,83)(H,72,81)(H,74,82)(H,75,84)/t53?,54?,55-,56?,63?,69?,77?/m0/s1. The third kappa shape index (κ3) is 11.4. The molecule has 6 atom stereocenters. The fourth-order valence-electron chi connectivity index (χ4n) is 13.7. The monoisotopic (exact) mass is 1190 g/mol. The molecule has 8 N–H and O–H groups in total. The molecule has 5 unspecified atom stereocenters. The number of nitrogens with one attached hydrogen (secondary N) is 4. The maximum atomic E-state index is 14.8. The predicted molar refractivity (Wildman–Crippen MR) is 328 cm³/mol. The van der Waals surface area contributed by atoms with Crippen molar-refractivity contribution < 1.29 is 52.5 Å². The topological polar surface area (TPSA) is 263 Å². The number of nitrogens with two attached hydrogens (primary N) is 2. The summed E-state index contributed by atoms with van der Waals surface area (Å²) in [6, 6.07) is 50.4. The Bertz CT molecular complexity index is 3610. The lowest BCUT2D eigenvalue weighted by Gasteiger charge is -2.41.